The Kier molecular flexibility index (Phi) is 5.33. The third-order valence-electron chi connectivity index (χ3n) is 3.29. The molecule has 0 aliphatic rings. The lowest BCUT2D eigenvalue weighted by Gasteiger charge is -2.17. The van der Waals surface area contributed by atoms with Gasteiger partial charge in [-0.15, -0.1) is 0 Å². The van der Waals surface area contributed by atoms with Gasteiger partial charge in [-0.1, -0.05) is 30.3 Å². The van der Waals surface area contributed by atoms with Crippen LogP contribution in [0.4, 0.5) is 13.2 Å². The van der Waals surface area contributed by atoms with E-state index in [1.807, 2.05) is 0 Å². The smallest absolute Gasteiger partial charge is 0.416 e. The molecule has 24 heavy (non-hydrogen) atoms. The van der Waals surface area contributed by atoms with E-state index in [2.05, 4.69) is 0 Å². The predicted molar refractivity (Wildman–Crippen MR) is 80.2 cm³/mol. The molecule has 0 amide bonds. The van der Waals surface area contributed by atoms with Crippen molar-refractivity contribution < 1.29 is 32.5 Å². The molecule has 0 aliphatic heterocycles. The van der Waals surface area contributed by atoms with Crippen LogP contribution in [0.2, 0.25) is 0 Å². The fourth-order valence-corrected chi connectivity index (χ4v) is 2.14. The number of halogens is 3. The molecule has 128 valence electrons. The van der Waals surface area contributed by atoms with Crippen LogP contribution in [0.25, 0.3) is 0 Å². The lowest BCUT2D eigenvalue weighted by atomic mass is 10.0. The van der Waals surface area contributed by atoms with Gasteiger partial charge in [-0.05, 0) is 23.8 Å². The highest BCUT2D eigenvalue weighted by molar-refractivity contribution is 5.73. The Balaban J connectivity index is 2.22. The van der Waals surface area contributed by atoms with Crippen molar-refractivity contribution in [1.29, 1.82) is 0 Å². The molecule has 2 aromatic carbocycles. The van der Waals surface area contributed by atoms with Gasteiger partial charge in [0.15, 0.2) is 17.6 Å². The van der Waals surface area contributed by atoms with Gasteiger partial charge in [-0.2, -0.15) is 13.2 Å². The quantitative estimate of drug-likeness (QED) is 0.869. The van der Waals surface area contributed by atoms with Crippen LogP contribution in [0.5, 0.6) is 11.5 Å². The molecule has 0 radical (unpaired) electrons. The van der Waals surface area contributed by atoms with Crippen LogP contribution in [-0.2, 0) is 17.4 Å². The van der Waals surface area contributed by atoms with Crippen molar-refractivity contribution >= 4 is 5.97 Å². The molecule has 0 spiro atoms. The second kappa shape index (κ2) is 7.25. The monoisotopic (exact) mass is 340 g/mol. The van der Waals surface area contributed by atoms with E-state index >= 15 is 0 Å². The topological polar surface area (TPSA) is 55.8 Å². The van der Waals surface area contributed by atoms with Gasteiger partial charge in [0, 0.05) is 6.42 Å². The van der Waals surface area contributed by atoms with Crippen LogP contribution in [-0.4, -0.2) is 24.3 Å². The number of alkyl halides is 3. The van der Waals surface area contributed by atoms with Crippen molar-refractivity contribution in [3.8, 4) is 11.5 Å². The third-order valence-corrected chi connectivity index (χ3v) is 3.29. The van der Waals surface area contributed by atoms with Crippen molar-refractivity contribution in [2.75, 3.05) is 7.11 Å². The lowest BCUT2D eigenvalue weighted by Crippen LogP contribution is -2.29. The number of rotatable bonds is 6. The normalized spacial score (nSPS) is 12.5. The van der Waals surface area contributed by atoms with Crippen LogP contribution in [0.15, 0.2) is 48.5 Å². The molecule has 2 rings (SSSR count). The Morgan fingerprint density at radius 3 is 2.38 bits per heavy atom. The molecule has 0 bridgehead atoms. The van der Waals surface area contributed by atoms with Gasteiger partial charge < -0.3 is 14.6 Å². The Labute approximate surface area is 136 Å². The first kappa shape index (κ1) is 17.7. The maximum Gasteiger partial charge on any atom is 0.416 e. The van der Waals surface area contributed by atoms with E-state index in [1.165, 1.54) is 25.3 Å². The summed E-state index contributed by atoms with van der Waals surface area (Å²) < 4.78 is 48.7. The maximum absolute atomic E-state index is 12.7. The van der Waals surface area contributed by atoms with Gasteiger partial charge >= 0.3 is 12.1 Å². The van der Waals surface area contributed by atoms with Crippen LogP contribution in [0, 0.1) is 0 Å². The molecule has 0 saturated heterocycles. The molecule has 0 aromatic heterocycles. The van der Waals surface area contributed by atoms with Crippen LogP contribution >= 0.6 is 0 Å². The highest BCUT2D eigenvalue weighted by atomic mass is 19.4. The molecule has 0 saturated carbocycles. The molecule has 0 unspecified atom stereocenters. The number of carbonyl (C=O) groups is 1. The lowest BCUT2D eigenvalue weighted by molar-refractivity contribution is -0.145. The van der Waals surface area contributed by atoms with Crippen molar-refractivity contribution in [2.24, 2.45) is 0 Å². The summed E-state index contributed by atoms with van der Waals surface area (Å²) in [5.74, 6) is -0.731. The number of hydrogen-bond donors (Lipinski definition) is 1. The first-order valence-electron chi connectivity index (χ1n) is 7.00. The molecule has 1 atom stereocenters. The van der Waals surface area contributed by atoms with Crippen molar-refractivity contribution in [3.63, 3.8) is 0 Å². The fourth-order valence-electron chi connectivity index (χ4n) is 2.14. The minimum Gasteiger partial charge on any atom is -0.493 e. The van der Waals surface area contributed by atoms with Crippen molar-refractivity contribution in [3.05, 3.63) is 59.7 Å². The van der Waals surface area contributed by atoms with Crippen LogP contribution in [0.1, 0.15) is 11.1 Å². The van der Waals surface area contributed by atoms with E-state index in [0.717, 1.165) is 12.1 Å². The molecular weight excluding hydrogens is 325 g/mol. The number of carboxylic acid groups (broad SMARTS) is 1. The molecule has 0 fully saturated rings. The second-order valence-corrected chi connectivity index (χ2v) is 5.00. The van der Waals surface area contributed by atoms with Crippen LogP contribution < -0.4 is 9.47 Å². The van der Waals surface area contributed by atoms with Crippen molar-refractivity contribution in [2.45, 2.75) is 18.7 Å². The Morgan fingerprint density at radius 2 is 1.79 bits per heavy atom. The zero-order valence-corrected chi connectivity index (χ0v) is 12.7. The number of methoxy groups -OCH3 is 1. The number of carboxylic acids is 1. The van der Waals surface area contributed by atoms with Gasteiger partial charge in [0.2, 0.25) is 0 Å². The van der Waals surface area contributed by atoms with Gasteiger partial charge in [0.05, 0.1) is 12.7 Å². The highest BCUT2D eigenvalue weighted by Crippen LogP contribution is 2.31. The van der Waals surface area contributed by atoms with Crippen molar-refractivity contribution in [1.82, 2.24) is 0 Å². The molecule has 4 nitrogen and oxygen atoms in total. The number of para-hydroxylation sites is 2. The Morgan fingerprint density at radius 1 is 1.12 bits per heavy atom. The summed E-state index contributed by atoms with van der Waals surface area (Å²) in [6.45, 7) is 0. The van der Waals surface area contributed by atoms with Crippen LogP contribution in [0.3, 0.4) is 0 Å². The van der Waals surface area contributed by atoms with Gasteiger partial charge in [-0.25, -0.2) is 4.79 Å². The van der Waals surface area contributed by atoms with E-state index in [4.69, 9.17) is 9.47 Å². The Hall–Kier alpha value is -2.70. The maximum atomic E-state index is 12.7. The summed E-state index contributed by atoms with van der Waals surface area (Å²) in [4.78, 5) is 11.4. The van der Waals surface area contributed by atoms with Gasteiger partial charge in [0.25, 0.3) is 0 Å². The summed E-state index contributed by atoms with van der Waals surface area (Å²) >= 11 is 0. The summed E-state index contributed by atoms with van der Waals surface area (Å²) in [5.41, 5.74) is -0.617. The average Bonchev–Trinajstić information content (AvgIpc) is 2.54. The molecule has 1 N–H and O–H groups in total. The first-order chi connectivity index (χ1) is 11.3. The molecular formula is C17H15F3O4. The van der Waals surface area contributed by atoms with E-state index in [-0.39, 0.29) is 17.7 Å². The number of benzene rings is 2. The predicted octanol–water partition coefficient (Wildman–Crippen LogP) is 3.79. The zero-order valence-electron chi connectivity index (χ0n) is 12.7. The van der Waals surface area contributed by atoms with Gasteiger partial charge in [-0.3, -0.25) is 0 Å². The summed E-state index contributed by atoms with van der Waals surface area (Å²) in [7, 11) is 1.41. The summed E-state index contributed by atoms with van der Waals surface area (Å²) in [6.07, 6.45) is -6.04. The minimum absolute atomic E-state index is 0.208. The van der Waals surface area contributed by atoms with Gasteiger partial charge in [0.1, 0.15) is 0 Å². The molecule has 0 heterocycles. The third kappa shape index (κ3) is 4.41. The zero-order chi connectivity index (χ0) is 17.7. The largest absolute Gasteiger partial charge is 0.493 e. The minimum atomic E-state index is -4.49. The summed E-state index contributed by atoms with van der Waals surface area (Å²) in [6, 6.07) is 11.0. The van der Waals surface area contributed by atoms with E-state index < -0.39 is 23.8 Å². The Bertz CT molecular complexity index is 713. The molecule has 2 aromatic rings. The first-order valence-corrected chi connectivity index (χ1v) is 7.00. The summed E-state index contributed by atoms with van der Waals surface area (Å²) in [5, 5.41) is 9.30. The molecule has 7 heteroatoms. The van der Waals surface area contributed by atoms with E-state index in [1.54, 1.807) is 18.2 Å². The number of aliphatic carboxylic acids is 1. The average molecular weight is 340 g/mol. The standard InChI is InChI=1S/C17H15F3O4/c1-23-13-7-2-3-8-14(13)24-15(16(21)22)10-11-5-4-6-12(9-11)17(18,19)20/h2-9,15H,10H2,1H3,(H,21,22)/t15-/m1/s1. The SMILES string of the molecule is COc1ccccc1O[C@H](Cc1cccc(C(F)(F)F)c1)C(=O)O. The fraction of sp³-hybridized carbons (Fsp3) is 0.235. The van der Waals surface area contributed by atoms with E-state index in [9.17, 15) is 23.1 Å². The molecule has 0 aliphatic carbocycles. The highest BCUT2D eigenvalue weighted by Gasteiger charge is 2.31. The second-order valence-electron chi connectivity index (χ2n) is 5.00. The number of hydrogen-bond acceptors (Lipinski definition) is 3. The van der Waals surface area contributed by atoms with E-state index in [0.29, 0.717) is 5.75 Å². The number of ether oxygens (including phenoxy) is 2.